The summed E-state index contributed by atoms with van der Waals surface area (Å²) in [5.41, 5.74) is 0.00807. The van der Waals surface area contributed by atoms with Crippen molar-refractivity contribution in [3.63, 3.8) is 0 Å². The summed E-state index contributed by atoms with van der Waals surface area (Å²) in [6.07, 6.45) is 0.444. The van der Waals surface area contributed by atoms with E-state index >= 15 is 0 Å². The van der Waals surface area contributed by atoms with Crippen molar-refractivity contribution in [2.75, 3.05) is 25.5 Å². The van der Waals surface area contributed by atoms with E-state index in [-0.39, 0.29) is 24.8 Å². The number of anilines is 1. The molecule has 2 aromatic rings. The number of hydrogen-bond donors (Lipinski definition) is 2. The fraction of sp³-hybridized carbons (Fsp3) is 0.300. The molecule has 0 spiro atoms. The zero-order valence-electron chi connectivity index (χ0n) is 15.0. The van der Waals surface area contributed by atoms with Crippen LogP contribution in [0.1, 0.15) is 12.0 Å². The number of carbonyl (C=O) groups is 2. The van der Waals surface area contributed by atoms with E-state index in [1.165, 1.54) is 31.3 Å². The summed E-state index contributed by atoms with van der Waals surface area (Å²) in [6, 6.07) is 11.7. The van der Waals surface area contributed by atoms with Gasteiger partial charge in [-0.15, -0.1) is 0 Å². The SMILES string of the molecule is CNC(=O)C1(Nc2cccc(F)c2)CCN(C(=O)Cc2cccc(F)c2)C1. The second-order valence-electron chi connectivity index (χ2n) is 6.67. The van der Waals surface area contributed by atoms with Gasteiger partial charge < -0.3 is 15.5 Å². The highest BCUT2D eigenvalue weighted by Crippen LogP contribution is 2.27. The van der Waals surface area contributed by atoms with Crippen LogP contribution in [0.3, 0.4) is 0 Å². The number of likely N-dealkylation sites (tertiary alicyclic amines) is 1. The van der Waals surface area contributed by atoms with Gasteiger partial charge in [-0.05, 0) is 42.3 Å². The minimum atomic E-state index is -1.04. The minimum Gasteiger partial charge on any atom is -0.370 e. The number of likely N-dealkylation sites (N-methyl/N-ethyl adjacent to an activating group) is 1. The molecule has 142 valence electrons. The fourth-order valence-corrected chi connectivity index (χ4v) is 3.38. The molecule has 1 unspecified atom stereocenters. The molecule has 2 N–H and O–H groups in total. The van der Waals surface area contributed by atoms with Gasteiger partial charge in [0.2, 0.25) is 11.8 Å². The van der Waals surface area contributed by atoms with Crippen LogP contribution in [0.25, 0.3) is 0 Å². The van der Waals surface area contributed by atoms with E-state index in [0.29, 0.717) is 24.2 Å². The molecular weight excluding hydrogens is 352 g/mol. The molecule has 0 radical (unpaired) electrons. The van der Waals surface area contributed by atoms with E-state index in [4.69, 9.17) is 0 Å². The first-order valence-corrected chi connectivity index (χ1v) is 8.70. The van der Waals surface area contributed by atoms with E-state index < -0.39 is 17.2 Å². The van der Waals surface area contributed by atoms with Crippen molar-refractivity contribution in [1.82, 2.24) is 10.2 Å². The smallest absolute Gasteiger partial charge is 0.247 e. The Morgan fingerprint density at radius 2 is 1.81 bits per heavy atom. The third-order valence-electron chi connectivity index (χ3n) is 4.74. The van der Waals surface area contributed by atoms with E-state index in [1.807, 2.05) is 0 Å². The Kier molecular flexibility index (Phi) is 5.39. The van der Waals surface area contributed by atoms with Crippen molar-refractivity contribution < 1.29 is 18.4 Å². The van der Waals surface area contributed by atoms with Gasteiger partial charge in [0, 0.05) is 19.3 Å². The number of amides is 2. The lowest BCUT2D eigenvalue weighted by atomic mass is 9.96. The molecule has 0 aliphatic carbocycles. The molecule has 1 atom stereocenters. The molecule has 1 heterocycles. The molecule has 5 nitrogen and oxygen atoms in total. The molecule has 27 heavy (non-hydrogen) atoms. The van der Waals surface area contributed by atoms with Crippen molar-refractivity contribution in [1.29, 1.82) is 0 Å². The molecule has 1 fully saturated rings. The lowest BCUT2D eigenvalue weighted by Crippen LogP contribution is -2.54. The Labute approximate surface area is 156 Å². The fourth-order valence-electron chi connectivity index (χ4n) is 3.38. The topological polar surface area (TPSA) is 61.4 Å². The highest BCUT2D eigenvalue weighted by atomic mass is 19.1. The maximum Gasteiger partial charge on any atom is 0.247 e. The Morgan fingerprint density at radius 3 is 2.48 bits per heavy atom. The van der Waals surface area contributed by atoms with Crippen LogP contribution in [0, 0.1) is 11.6 Å². The van der Waals surface area contributed by atoms with Crippen LogP contribution in [0.2, 0.25) is 0 Å². The average molecular weight is 373 g/mol. The van der Waals surface area contributed by atoms with Gasteiger partial charge in [0.05, 0.1) is 13.0 Å². The number of carbonyl (C=O) groups excluding carboxylic acids is 2. The highest BCUT2D eigenvalue weighted by molar-refractivity contribution is 5.91. The second-order valence-corrected chi connectivity index (χ2v) is 6.67. The maximum atomic E-state index is 13.5. The zero-order valence-corrected chi connectivity index (χ0v) is 15.0. The predicted octanol–water partition coefficient (Wildman–Crippen LogP) is 2.34. The maximum absolute atomic E-state index is 13.5. The third-order valence-corrected chi connectivity index (χ3v) is 4.74. The van der Waals surface area contributed by atoms with Crippen molar-refractivity contribution >= 4 is 17.5 Å². The summed E-state index contributed by atoms with van der Waals surface area (Å²) in [5, 5.41) is 5.71. The number of nitrogens with one attached hydrogen (secondary N) is 2. The second kappa shape index (κ2) is 7.73. The number of halogens is 2. The Morgan fingerprint density at radius 1 is 1.11 bits per heavy atom. The number of rotatable bonds is 5. The molecule has 0 saturated carbocycles. The van der Waals surface area contributed by atoms with Gasteiger partial charge in [-0.25, -0.2) is 8.78 Å². The van der Waals surface area contributed by atoms with Crippen molar-refractivity contribution in [2.24, 2.45) is 0 Å². The molecule has 1 aliphatic rings. The minimum absolute atomic E-state index is 0.0571. The van der Waals surface area contributed by atoms with Crippen molar-refractivity contribution in [2.45, 2.75) is 18.4 Å². The summed E-state index contributed by atoms with van der Waals surface area (Å²) in [5.74, 6) is -1.27. The number of benzene rings is 2. The number of hydrogen-bond acceptors (Lipinski definition) is 3. The molecule has 0 aromatic heterocycles. The molecular formula is C20H21F2N3O2. The zero-order chi connectivity index (χ0) is 19.4. The normalized spacial score (nSPS) is 19.0. The summed E-state index contributed by atoms with van der Waals surface area (Å²) in [7, 11) is 1.52. The van der Waals surface area contributed by atoms with Crippen LogP contribution < -0.4 is 10.6 Å². The number of nitrogens with zero attached hydrogens (tertiary/aromatic N) is 1. The Bertz CT molecular complexity index is 859. The van der Waals surface area contributed by atoms with Crippen LogP contribution in [0.15, 0.2) is 48.5 Å². The molecule has 0 bridgehead atoms. The molecule has 3 rings (SSSR count). The predicted molar refractivity (Wildman–Crippen MR) is 98.1 cm³/mol. The molecule has 1 aliphatic heterocycles. The molecule has 2 aromatic carbocycles. The van der Waals surface area contributed by atoms with Gasteiger partial charge in [0.25, 0.3) is 0 Å². The Balaban J connectivity index is 1.75. The Hall–Kier alpha value is -2.96. The van der Waals surface area contributed by atoms with Crippen LogP contribution in [0.5, 0.6) is 0 Å². The first-order chi connectivity index (χ1) is 12.9. The third kappa shape index (κ3) is 4.24. The van der Waals surface area contributed by atoms with Crippen LogP contribution >= 0.6 is 0 Å². The standard InChI is InChI=1S/C20H21F2N3O2/c1-23-19(27)20(24-17-7-3-6-16(22)12-17)8-9-25(13-20)18(26)11-14-4-2-5-15(21)10-14/h2-7,10,12,24H,8-9,11,13H2,1H3,(H,23,27). The van der Waals surface area contributed by atoms with Crippen LogP contribution in [-0.2, 0) is 16.0 Å². The average Bonchev–Trinajstić information content (AvgIpc) is 3.06. The monoisotopic (exact) mass is 373 g/mol. The van der Waals surface area contributed by atoms with Crippen LogP contribution in [-0.4, -0.2) is 42.4 Å². The lowest BCUT2D eigenvalue weighted by molar-refractivity contribution is -0.130. The van der Waals surface area contributed by atoms with Gasteiger partial charge >= 0.3 is 0 Å². The summed E-state index contributed by atoms with van der Waals surface area (Å²) in [4.78, 5) is 26.7. The van der Waals surface area contributed by atoms with Gasteiger partial charge in [-0.3, -0.25) is 9.59 Å². The lowest BCUT2D eigenvalue weighted by Gasteiger charge is -2.30. The highest BCUT2D eigenvalue weighted by Gasteiger charge is 2.45. The quantitative estimate of drug-likeness (QED) is 0.846. The van der Waals surface area contributed by atoms with E-state index in [9.17, 15) is 18.4 Å². The first-order valence-electron chi connectivity index (χ1n) is 8.70. The summed E-state index contributed by atoms with van der Waals surface area (Å²) in [6.45, 7) is 0.529. The molecule has 7 heteroatoms. The van der Waals surface area contributed by atoms with Gasteiger partial charge in [0.15, 0.2) is 0 Å². The van der Waals surface area contributed by atoms with Gasteiger partial charge in [-0.1, -0.05) is 18.2 Å². The van der Waals surface area contributed by atoms with E-state index in [0.717, 1.165) is 0 Å². The van der Waals surface area contributed by atoms with Crippen molar-refractivity contribution in [3.05, 3.63) is 65.7 Å². The van der Waals surface area contributed by atoms with Crippen molar-refractivity contribution in [3.8, 4) is 0 Å². The largest absolute Gasteiger partial charge is 0.370 e. The van der Waals surface area contributed by atoms with Gasteiger partial charge in [-0.2, -0.15) is 0 Å². The molecule has 2 amide bonds. The summed E-state index contributed by atoms with van der Waals surface area (Å²) < 4.78 is 26.8. The summed E-state index contributed by atoms with van der Waals surface area (Å²) >= 11 is 0. The van der Waals surface area contributed by atoms with E-state index in [2.05, 4.69) is 10.6 Å². The van der Waals surface area contributed by atoms with Crippen LogP contribution in [0.4, 0.5) is 14.5 Å². The first kappa shape index (κ1) is 18.8. The van der Waals surface area contributed by atoms with E-state index in [1.54, 1.807) is 29.2 Å². The van der Waals surface area contributed by atoms with Gasteiger partial charge in [0.1, 0.15) is 17.2 Å². The molecule has 1 saturated heterocycles.